The number of aromatic nitrogens is 2. The number of carbonyl (C=O) groups is 1. The van der Waals surface area contributed by atoms with Gasteiger partial charge < -0.3 is 15.0 Å². The molecule has 1 atom stereocenters. The van der Waals surface area contributed by atoms with Crippen LogP contribution in [0.5, 0.6) is 5.75 Å². The number of carbonyl (C=O) groups excluding carboxylic acids is 1. The normalized spacial score (nSPS) is 14.4. The monoisotopic (exact) mass is 381 g/mol. The highest BCUT2D eigenvalue weighted by molar-refractivity contribution is 6.30. The fourth-order valence-electron chi connectivity index (χ4n) is 3.18. The Morgan fingerprint density at radius 2 is 2.07 bits per heavy atom. The topological polar surface area (TPSA) is 67.0 Å². The van der Waals surface area contributed by atoms with Gasteiger partial charge in [0.15, 0.2) is 0 Å². The van der Waals surface area contributed by atoms with Gasteiger partial charge in [0.1, 0.15) is 18.2 Å². The van der Waals surface area contributed by atoms with Crippen molar-refractivity contribution in [2.75, 3.05) is 6.61 Å². The molecule has 0 saturated carbocycles. The minimum atomic E-state index is -0.230. The number of nitrogens with zero attached hydrogens (tertiary/aromatic N) is 1. The molecule has 1 aliphatic rings. The number of hydrogen-bond acceptors (Lipinski definition) is 3. The molecule has 27 heavy (non-hydrogen) atoms. The van der Waals surface area contributed by atoms with Crippen LogP contribution in [0.4, 0.5) is 0 Å². The number of aromatic amines is 1. The zero-order valence-corrected chi connectivity index (χ0v) is 15.9. The van der Waals surface area contributed by atoms with Crippen LogP contribution in [-0.4, -0.2) is 22.5 Å². The highest BCUT2D eigenvalue weighted by atomic mass is 35.5. The van der Waals surface area contributed by atoms with E-state index in [1.807, 2.05) is 36.4 Å². The number of halogens is 1. The predicted molar refractivity (Wildman–Crippen MR) is 107 cm³/mol. The fraction of sp³-hybridized carbons (Fsp3) is 0.238. The van der Waals surface area contributed by atoms with Crippen molar-refractivity contribution in [3.05, 3.63) is 64.4 Å². The van der Waals surface area contributed by atoms with E-state index in [4.69, 9.17) is 16.3 Å². The van der Waals surface area contributed by atoms with Crippen LogP contribution in [0.3, 0.4) is 0 Å². The van der Waals surface area contributed by atoms with Gasteiger partial charge in [-0.1, -0.05) is 37.6 Å². The Kier molecular flexibility index (Phi) is 4.62. The van der Waals surface area contributed by atoms with Gasteiger partial charge >= 0.3 is 0 Å². The minimum absolute atomic E-state index is 0.167. The first-order valence-corrected chi connectivity index (χ1v) is 9.27. The molecule has 0 spiro atoms. The molecular formula is C21H20ClN3O2. The number of imidazole rings is 1. The zero-order valence-electron chi connectivity index (χ0n) is 15.1. The molecule has 0 aliphatic carbocycles. The van der Waals surface area contributed by atoms with Crippen LogP contribution in [0.15, 0.2) is 48.0 Å². The number of para-hydroxylation sites is 2. The quantitative estimate of drug-likeness (QED) is 0.698. The lowest BCUT2D eigenvalue weighted by atomic mass is 10.0. The van der Waals surface area contributed by atoms with Gasteiger partial charge in [0.25, 0.3) is 5.91 Å². The van der Waals surface area contributed by atoms with Gasteiger partial charge in [-0.05, 0) is 42.3 Å². The number of rotatable bonds is 4. The van der Waals surface area contributed by atoms with E-state index in [2.05, 4.69) is 29.1 Å². The Labute approximate surface area is 162 Å². The second-order valence-corrected chi connectivity index (χ2v) is 7.41. The van der Waals surface area contributed by atoms with E-state index in [-0.39, 0.29) is 24.5 Å². The Balaban J connectivity index is 1.59. The second kappa shape index (κ2) is 7.08. The van der Waals surface area contributed by atoms with Crippen LogP contribution < -0.4 is 10.1 Å². The first kappa shape index (κ1) is 17.6. The van der Waals surface area contributed by atoms with Gasteiger partial charge in [0, 0.05) is 10.6 Å². The summed E-state index contributed by atoms with van der Waals surface area (Å²) in [4.78, 5) is 20.8. The third-order valence-corrected chi connectivity index (χ3v) is 4.87. The lowest BCUT2D eigenvalue weighted by molar-refractivity contribution is -0.118. The molecule has 3 aromatic rings. The van der Waals surface area contributed by atoms with Gasteiger partial charge in [0.05, 0.1) is 22.6 Å². The lowest BCUT2D eigenvalue weighted by Crippen LogP contribution is -2.35. The summed E-state index contributed by atoms with van der Waals surface area (Å²) < 4.78 is 5.70. The van der Waals surface area contributed by atoms with Gasteiger partial charge in [-0.3, -0.25) is 4.79 Å². The molecule has 2 aromatic carbocycles. The van der Waals surface area contributed by atoms with Crippen molar-refractivity contribution in [2.45, 2.75) is 19.9 Å². The van der Waals surface area contributed by atoms with E-state index in [9.17, 15) is 4.79 Å². The standard InChI is InChI=1S/C21H20ClN3O2/c1-12(2)19(20-23-16-5-3-4-6-17(16)24-20)25-21(26)14-9-13-10-15(22)7-8-18(13)27-11-14/h3-10,12,19H,11H2,1-2H3,(H,23,24)(H,25,26). The average Bonchev–Trinajstić information content (AvgIpc) is 3.08. The summed E-state index contributed by atoms with van der Waals surface area (Å²) in [6.07, 6.45) is 1.83. The van der Waals surface area contributed by atoms with E-state index in [0.717, 1.165) is 28.2 Å². The van der Waals surface area contributed by atoms with E-state index < -0.39 is 0 Å². The van der Waals surface area contributed by atoms with Crippen molar-refractivity contribution in [2.24, 2.45) is 5.92 Å². The van der Waals surface area contributed by atoms with Crippen molar-refractivity contribution >= 4 is 34.6 Å². The molecule has 0 fully saturated rings. The molecule has 1 amide bonds. The summed E-state index contributed by atoms with van der Waals surface area (Å²) >= 11 is 6.05. The summed E-state index contributed by atoms with van der Waals surface area (Å²) in [6.45, 7) is 4.34. The molecule has 0 bridgehead atoms. The maximum atomic E-state index is 12.9. The van der Waals surface area contributed by atoms with Crippen LogP contribution in [0, 0.1) is 5.92 Å². The SMILES string of the molecule is CC(C)C(NC(=O)C1=Cc2cc(Cl)ccc2OC1)c1nc2ccccc2[nH]1. The molecule has 1 aromatic heterocycles. The van der Waals surface area contributed by atoms with Gasteiger partial charge in [-0.25, -0.2) is 4.98 Å². The number of amides is 1. The van der Waals surface area contributed by atoms with Crippen LogP contribution in [0.2, 0.25) is 5.02 Å². The molecular weight excluding hydrogens is 362 g/mol. The molecule has 2 heterocycles. The number of hydrogen-bond donors (Lipinski definition) is 2. The van der Waals surface area contributed by atoms with Gasteiger partial charge in [-0.2, -0.15) is 0 Å². The third kappa shape index (κ3) is 3.55. The average molecular weight is 382 g/mol. The molecule has 5 nitrogen and oxygen atoms in total. The van der Waals surface area contributed by atoms with E-state index in [1.54, 1.807) is 12.1 Å². The third-order valence-electron chi connectivity index (χ3n) is 4.63. The van der Waals surface area contributed by atoms with Crippen LogP contribution in [0.1, 0.15) is 31.3 Å². The van der Waals surface area contributed by atoms with Gasteiger partial charge in [0.2, 0.25) is 0 Å². The molecule has 2 N–H and O–H groups in total. The number of nitrogens with one attached hydrogen (secondary N) is 2. The highest BCUT2D eigenvalue weighted by Crippen LogP contribution is 2.30. The van der Waals surface area contributed by atoms with E-state index >= 15 is 0 Å². The first-order valence-electron chi connectivity index (χ1n) is 8.89. The van der Waals surface area contributed by atoms with Crippen molar-refractivity contribution in [3.8, 4) is 5.75 Å². The molecule has 138 valence electrons. The molecule has 0 saturated heterocycles. The molecule has 1 unspecified atom stereocenters. The van der Waals surface area contributed by atoms with Crippen molar-refractivity contribution < 1.29 is 9.53 Å². The number of benzene rings is 2. The van der Waals surface area contributed by atoms with Crippen molar-refractivity contribution in [1.29, 1.82) is 0 Å². The largest absolute Gasteiger partial charge is 0.488 e. The van der Waals surface area contributed by atoms with Crippen LogP contribution >= 0.6 is 11.6 Å². The number of ether oxygens (including phenoxy) is 1. The summed E-state index contributed by atoms with van der Waals surface area (Å²) in [6, 6.07) is 13.0. The zero-order chi connectivity index (χ0) is 19.0. The number of fused-ring (bicyclic) bond motifs is 2. The summed E-state index contributed by atoms with van der Waals surface area (Å²) in [5, 5.41) is 3.70. The molecule has 4 rings (SSSR count). The van der Waals surface area contributed by atoms with Crippen molar-refractivity contribution in [1.82, 2.24) is 15.3 Å². The Hall–Kier alpha value is -2.79. The molecule has 1 aliphatic heterocycles. The molecule has 0 radical (unpaired) electrons. The van der Waals surface area contributed by atoms with Crippen molar-refractivity contribution in [3.63, 3.8) is 0 Å². The Bertz CT molecular complexity index is 1010. The maximum absolute atomic E-state index is 12.9. The predicted octanol–water partition coefficient (Wildman–Crippen LogP) is 4.51. The maximum Gasteiger partial charge on any atom is 0.251 e. The van der Waals surface area contributed by atoms with E-state index in [1.165, 1.54) is 0 Å². The van der Waals surface area contributed by atoms with Gasteiger partial charge in [-0.15, -0.1) is 0 Å². The molecule has 6 heteroatoms. The minimum Gasteiger partial charge on any atom is -0.488 e. The van der Waals surface area contributed by atoms with Crippen LogP contribution in [0.25, 0.3) is 17.1 Å². The summed E-state index contributed by atoms with van der Waals surface area (Å²) in [5.74, 6) is 1.48. The van der Waals surface area contributed by atoms with E-state index in [0.29, 0.717) is 10.6 Å². The summed E-state index contributed by atoms with van der Waals surface area (Å²) in [5.41, 5.74) is 3.21. The Morgan fingerprint density at radius 3 is 2.85 bits per heavy atom. The smallest absolute Gasteiger partial charge is 0.251 e. The lowest BCUT2D eigenvalue weighted by Gasteiger charge is -2.23. The number of H-pyrrole nitrogens is 1. The first-order chi connectivity index (χ1) is 13.0. The second-order valence-electron chi connectivity index (χ2n) is 6.97. The summed E-state index contributed by atoms with van der Waals surface area (Å²) in [7, 11) is 0. The van der Waals surface area contributed by atoms with Crippen LogP contribution in [-0.2, 0) is 4.79 Å². The fourth-order valence-corrected chi connectivity index (χ4v) is 3.36. The highest BCUT2D eigenvalue weighted by Gasteiger charge is 2.25. The Morgan fingerprint density at radius 1 is 1.26 bits per heavy atom.